The first-order valence-corrected chi connectivity index (χ1v) is 8.51. The summed E-state index contributed by atoms with van der Waals surface area (Å²) in [7, 11) is 2.95. The Balaban J connectivity index is 0.00000280. The van der Waals surface area contributed by atoms with Crippen LogP contribution in [0.3, 0.4) is 0 Å². The van der Waals surface area contributed by atoms with Gasteiger partial charge in [0, 0.05) is 18.2 Å². The maximum absolute atomic E-state index is 9.96. The summed E-state index contributed by atoms with van der Waals surface area (Å²) in [6.07, 6.45) is 0.848. The molecule has 1 aliphatic rings. The summed E-state index contributed by atoms with van der Waals surface area (Å²) < 4.78 is 21.6. The van der Waals surface area contributed by atoms with Crippen LogP contribution in [-0.2, 0) is 6.54 Å². The Kier molecular flexibility index (Phi) is 7.85. The number of hydrogen-bond donors (Lipinski definition) is 3. The van der Waals surface area contributed by atoms with Gasteiger partial charge in [0.15, 0.2) is 29.0 Å². The summed E-state index contributed by atoms with van der Waals surface area (Å²) in [5, 5.41) is 13.0. The van der Waals surface area contributed by atoms with Crippen molar-refractivity contribution in [2.45, 2.75) is 13.0 Å². The van der Waals surface area contributed by atoms with Crippen LogP contribution in [0.2, 0.25) is 0 Å². The van der Waals surface area contributed by atoms with E-state index in [1.165, 1.54) is 14.2 Å². The molecule has 3 rings (SSSR count). The van der Waals surface area contributed by atoms with Crippen LogP contribution in [0.5, 0.6) is 28.7 Å². The second-order valence-corrected chi connectivity index (χ2v) is 5.89. The maximum Gasteiger partial charge on any atom is 0.200 e. The molecule has 4 N–H and O–H groups in total. The third kappa shape index (κ3) is 5.24. The number of phenolic OH excluding ortho intramolecular Hbond substituents is 1. The number of anilines is 1. The predicted octanol–water partition coefficient (Wildman–Crippen LogP) is 3.12. The van der Waals surface area contributed by atoms with E-state index in [4.69, 9.17) is 24.7 Å². The molecular weight excluding hydrogens is 477 g/mol. The number of guanidine groups is 1. The smallest absolute Gasteiger partial charge is 0.200 e. The second kappa shape index (κ2) is 10.1. The Morgan fingerprint density at radius 3 is 2.39 bits per heavy atom. The average molecular weight is 501 g/mol. The van der Waals surface area contributed by atoms with Gasteiger partial charge >= 0.3 is 0 Å². The van der Waals surface area contributed by atoms with Crippen molar-refractivity contribution < 1.29 is 24.1 Å². The van der Waals surface area contributed by atoms with Gasteiger partial charge in [-0.05, 0) is 29.8 Å². The summed E-state index contributed by atoms with van der Waals surface area (Å²) in [6.45, 7) is 1.55. The van der Waals surface area contributed by atoms with Crippen LogP contribution < -0.4 is 30.0 Å². The third-order valence-corrected chi connectivity index (χ3v) is 3.99. The first-order valence-electron chi connectivity index (χ1n) is 8.51. The highest BCUT2D eigenvalue weighted by Crippen LogP contribution is 2.37. The fourth-order valence-corrected chi connectivity index (χ4v) is 2.64. The van der Waals surface area contributed by atoms with Crippen molar-refractivity contribution in [3.05, 3.63) is 35.9 Å². The number of nitrogens with zero attached hydrogens (tertiary/aromatic N) is 1. The number of aromatic hydroxyl groups is 1. The average Bonchev–Trinajstić information content (AvgIpc) is 2.92. The van der Waals surface area contributed by atoms with Gasteiger partial charge in [-0.25, -0.2) is 4.99 Å². The van der Waals surface area contributed by atoms with Gasteiger partial charge in [-0.3, -0.25) is 0 Å². The number of phenols is 1. The molecule has 8 nitrogen and oxygen atoms in total. The monoisotopic (exact) mass is 501 g/mol. The van der Waals surface area contributed by atoms with Gasteiger partial charge in [0.05, 0.1) is 34.0 Å². The largest absolute Gasteiger partial charge is 0.502 e. The first kappa shape index (κ1) is 21.7. The summed E-state index contributed by atoms with van der Waals surface area (Å²) in [5.74, 6) is 2.22. The lowest BCUT2D eigenvalue weighted by Crippen LogP contribution is -2.22. The van der Waals surface area contributed by atoms with Crippen LogP contribution >= 0.6 is 24.0 Å². The van der Waals surface area contributed by atoms with Crippen LogP contribution in [-0.4, -0.2) is 38.5 Å². The number of rotatable bonds is 5. The molecule has 2 aromatic rings. The zero-order chi connectivity index (χ0) is 19.2. The van der Waals surface area contributed by atoms with E-state index in [1.807, 2.05) is 18.2 Å². The highest BCUT2D eigenvalue weighted by molar-refractivity contribution is 14.0. The Morgan fingerprint density at radius 1 is 1.11 bits per heavy atom. The molecule has 0 amide bonds. The quantitative estimate of drug-likeness (QED) is 0.328. The maximum atomic E-state index is 9.96. The van der Waals surface area contributed by atoms with Gasteiger partial charge in [0.25, 0.3) is 0 Å². The fourth-order valence-electron chi connectivity index (χ4n) is 2.64. The number of fused-ring (bicyclic) bond motifs is 1. The molecule has 0 aromatic heterocycles. The molecule has 1 heterocycles. The zero-order valence-electron chi connectivity index (χ0n) is 15.7. The normalized spacial score (nSPS) is 13.1. The molecule has 2 aromatic carbocycles. The van der Waals surface area contributed by atoms with Crippen molar-refractivity contribution in [1.29, 1.82) is 0 Å². The van der Waals surface area contributed by atoms with Crippen molar-refractivity contribution in [1.82, 2.24) is 0 Å². The number of halogens is 1. The molecule has 0 bridgehead atoms. The Bertz CT molecular complexity index is 819. The van der Waals surface area contributed by atoms with E-state index in [9.17, 15) is 5.11 Å². The first-order chi connectivity index (χ1) is 13.1. The van der Waals surface area contributed by atoms with Crippen LogP contribution in [0.1, 0.15) is 12.0 Å². The number of methoxy groups -OCH3 is 2. The molecule has 0 spiro atoms. The van der Waals surface area contributed by atoms with Crippen molar-refractivity contribution in [3.63, 3.8) is 0 Å². The molecule has 0 radical (unpaired) electrons. The van der Waals surface area contributed by atoms with E-state index in [1.54, 1.807) is 12.1 Å². The lowest BCUT2D eigenvalue weighted by Gasteiger charge is -2.12. The van der Waals surface area contributed by atoms with E-state index < -0.39 is 0 Å². The van der Waals surface area contributed by atoms with Crippen LogP contribution in [0, 0.1) is 0 Å². The molecule has 0 aliphatic carbocycles. The number of benzene rings is 2. The highest BCUT2D eigenvalue weighted by Gasteiger charge is 2.12. The molecule has 152 valence electrons. The Morgan fingerprint density at radius 2 is 1.75 bits per heavy atom. The summed E-state index contributed by atoms with van der Waals surface area (Å²) in [6, 6.07) is 8.88. The number of hydrogen-bond acceptors (Lipinski definition) is 6. The summed E-state index contributed by atoms with van der Waals surface area (Å²) >= 11 is 0. The lowest BCUT2D eigenvalue weighted by atomic mass is 10.2. The number of nitrogens with two attached hydrogens (primary N) is 1. The van der Waals surface area contributed by atoms with E-state index in [0.29, 0.717) is 30.5 Å². The van der Waals surface area contributed by atoms with E-state index >= 15 is 0 Å². The minimum Gasteiger partial charge on any atom is -0.502 e. The van der Waals surface area contributed by atoms with Gasteiger partial charge in [-0.2, -0.15) is 0 Å². The molecule has 28 heavy (non-hydrogen) atoms. The minimum atomic E-state index is -0.0500. The van der Waals surface area contributed by atoms with Gasteiger partial charge in [0.1, 0.15) is 0 Å². The summed E-state index contributed by atoms with van der Waals surface area (Å²) in [4.78, 5) is 4.32. The van der Waals surface area contributed by atoms with Crippen LogP contribution in [0.25, 0.3) is 0 Å². The minimum absolute atomic E-state index is 0. The number of nitrogens with one attached hydrogen (secondary N) is 1. The SMILES string of the molecule is COc1cc(CN=C(N)Nc2ccc3c(c2)OCCCO3)cc(OC)c1O.I. The Hall–Kier alpha value is -2.56. The fraction of sp³-hybridized carbons (Fsp3) is 0.316. The lowest BCUT2D eigenvalue weighted by molar-refractivity contribution is 0.297. The molecular formula is C19H24IN3O5. The highest BCUT2D eigenvalue weighted by atomic mass is 127. The molecule has 0 atom stereocenters. The predicted molar refractivity (Wildman–Crippen MR) is 118 cm³/mol. The molecule has 0 unspecified atom stereocenters. The molecule has 9 heteroatoms. The van der Waals surface area contributed by atoms with Crippen molar-refractivity contribution in [3.8, 4) is 28.7 Å². The third-order valence-electron chi connectivity index (χ3n) is 3.99. The van der Waals surface area contributed by atoms with Crippen molar-refractivity contribution in [2.24, 2.45) is 10.7 Å². The number of aliphatic imine (C=N–C) groups is 1. The van der Waals surface area contributed by atoms with Gasteiger partial charge in [0.2, 0.25) is 5.75 Å². The standard InChI is InChI=1S/C19H23N3O5.HI/c1-24-16-8-12(9-17(25-2)18(16)23)11-21-19(20)22-13-4-5-14-15(10-13)27-7-3-6-26-14;/h4-5,8-10,23H,3,6-7,11H2,1-2H3,(H3,20,21,22);1H. The summed E-state index contributed by atoms with van der Waals surface area (Å²) in [5.41, 5.74) is 7.52. The van der Waals surface area contributed by atoms with Crippen molar-refractivity contribution in [2.75, 3.05) is 32.8 Å². The van der Waals surface area contributed by atoms with Gasteiger partial charge < -0.3 is 35.1 Å². The topological polar surface area (TPSA) is 108 Å². The Labute approximate surface area is 180 Å². The molecule has 0 fully saturated rings. The number of ether oxygens (including phenoxy) is 4. The molecule has 0 saturated heterocycles. The molecule has 0 saturated carbocycles. The van der Waals surface area contributed by atoms with Gasteiger partial charge in [-0.15, -0.1) is 24.0 Å². The second-order valence-electron chi connectivity index (χ2n) is 5.89. The van der Waals surface area contributed by atoms with E-state index in [-0.39, 0.29) is 42.2 Å². The van der Waals surface area contributed by atoms with Crippen LogP contribution in [0.4, 0.5) is 5.69 Å². The van der Waals surface area contributed by atoms with Crippen molar-refractivity contribution >= 4 is 35.6 Å². The van der Waals surface area contributed by atoms with Crippen LogP contribution in [0.15, 0.2) is 35.3 Å². The molecule has 1 aliphatic heterocycles. The van der Waals surface area contributed by atoms with E-state index in [0.717, 1.165) is 23.4 Å². The zero-order valence-corrected chi connectivity index (χ0v) is 18.1. The van der Waals surface area contributed by atoms with Gasteiger partial charge in [-0.1, -0.05) is 0 Å². The van der Waals surface area contributed by atoms with E-state index in [2.05, 4.69) is 10.3 Å².